The Labute approximate surface area is 163 Å². The van der Waals surface area contributed by atoms with E-state index >= 15 is 0 Å². The smallest absolute Gasteiger partial charge is 0.228 e. The summed E-state index contributed by atoms with van der Waals surface area (Å²) in [6.07, 6.45) is 9.18. The minimum Gasteiger partial charge on any atom is -0.366 e. The molecule has 1 amide bonds. The van der Waals surface area contributed by atoms with Crippen LogP contribution in [0.25, 0.3) is 17.0 Å². The average Bonchev–Trinajstić information content (AvgIpc) is 3.34. The molecule has 0 aromatic carbocycles. The molecule has 0 bridgehead atoms. The van der Waals surface area contributed by atoms with Gasteiger partial charge in [0, 0.05) is 25.6 Å². The van der Waals surface area contributed by atoms with E-state index < -0.39 is 0 Å². The maximum absolute atomic E-state index is 12.1. The van der Waals surface area contributed by atoms with Crippen molar-refractivity contribution in [3.8, 4) is 11.4 Å². The fraction of sp³-hybridized carbons (Fsp3) is 0.400. The summed E-state index contributed by atoms with van der Waals surface area (Å²) in [5, 5.41) is 6.94. The Balaban J connectivity index is 1.47. The Kier molecular flexibility index (Phi) is 4.40. The molecule has 3 aromatic heterocycles. The van der Waals surface area contributed by atoms with E-state index in [-0.39, 0.29) is 5.91 Å². The second kappa shape index (κ2) is 7.20. The molecule has 0 saturated carbocycles. The van der Waals surface area contributed by atoms with E-state index in [4.69, 9.17) is 4.98 Å². The van der Waals surface area contributed by atoms with Crippen LogP contribution in [-0.4, -0.2) is 50.9 Å². The van der Waals surface area contributed by atoms with Gasteiger partial charge in [-0.15, -0.1) is 0 Å². The van der Waals surface area contributed by atoms with Crippen molar-refractivity contribution in [3.63, 3.8) is 0 Å². The van der Waals surface area contributed by atoms with Crippen molar-refractivity contribution in [2.45, 2.75) is 31.7 Å². The van der Waals surface area contributed by atoms with Crippen LogP contribution in [0, 0.1) is 0 Å². The van der Waals surface area contributed by atoms with E-state index in [0.29, 0.717) is 24.8 Å². The highest BCUT2D eigenvalue weighted by molar-refractivity contribution is 5.94. The Morgan fingerprint density at radius 1 is 1.18 bits per heavy atom. The highest BCUT2D eigenvalue weighted by Gasteiger charge is 2.23. The van der Waals surface area contributed by atoms with Crippen molar-refractivity contribution in [3.05, 3.63) is 36.8 Å². The summed E-state index contributed by atoms with van der Waals surface area (Å²) < 4.78 is 1.96. The molecule has 8 nitrogen and oxygen atoms in total. The van der Waals surface area contributed by atoms with Gasteiger partial charge < -0.3 is 10.6 Å². The van der Waals surface area contributed by atoms with Gasteiger partial charge in [0.05, 0.1) is 30.0 Å². The molecular formula is C20H23N7O. The summed E-state index contributed by atoms with van der Waals surface area (Å²) in [5.74, 6) is 1.65. The molecule has 2 aliphatic rings. The minimum atomic E-state index is 0.124. The van der Waals surface area contributed by atoms with E-state index in [1.165, 1.54) is 6.42 Å². The molecule has 2 fully saturated rings. The van der Waals surface area contributed by atoms with E-state index in [1.807, 2.05) is 28.8 Å². The third kappa shape index (κ3) is 3.20. The summed E-state index contributed by atoms with van der Waals surface area (Å²) in [7, 11) is 0. The second-order valence-corrected chi connectivity index (χ2v) is 7.36. The molecule has 144 valence electrons. The fourth-order valence-electron chi connectivity index (χ4n) is 3.94. The van der Waals surface area contributed by atoms with Gasteiger partial charge in [-0.05, 0) is 37.9 Å². The zero-order valence-electron chi connectivity index (χ0n) is 15.6. The first kappa shape index (κ1) is 17.1. The number of amides is 1. The van der Waals surface area contributed by atoms with Crippen molar-refractivity contribution in [1.29, 1.82) is 0 Å². The number of fused-ring (bicyclic) bond motifs is 1. The monoisotopic (exact) mass is 377 g/mol. The summed E-state index contributed by atoms with van der Waals surface area (Å²) in [6.45, 7) is 2.76. The highest BCUT2D eigenvalue weighted by Crippen LogP contribution is 2.24. The molecule has 1 atom stereocenters. The lowest BCUT2D eigenvalue weighted by Gasteiger charge is -2.24. The molecule has 2 aliphatic heterocycles. The number of nitrogens with one attached hydrogen (secondary N) is 2. The predicted octanol–water partition coefficient (Wildman–Crippen LogP) is 2.08. The molecule has 0 radical (unpaired) electrons. The number of anilines is 2. The van der Waals surface area contributed by atoms with Crippen molar-refractivity contribution in [2.24, 2.45) is 0 Å². The highest BCUT2D eigenvalue weighted by atomic mass is 16.2. The maximum Gasteiger partial charge on any atom is 0.228 e. The lowest BCUT2D eigenvalue weighted by atomic mass is 10.1. The molecule has 2 N–H and O–H groups in total. The Hall–Kier alpha value is -3.00. The van der Waals surface area contributed by atoms with Crippen LogP contribution in [0.3, 0.4) is 0 Å². The van der Waals surface area contributed by atoms with E-state index in [9.17, 15) is 4.79 Å². The number of hydrogen-bond acceptors (Lipinski definition) is 6. The average molecular weight is 377 g/mol. The third-order valence-corrected chi connectivity index (χ3v) is 5.39. The van der Waals surface area contributed by atoms with E-state index in [0.717, 1.165) is 48.8 Å². The van der Waals surface area contributed by atoms with Crippen LogP contribution in [0.15, 0.2) is 36.8 Å². The largest absolute Gasteiger partial charge is 0.366 e. The van der Waals surface area contributed by atoms with Gasteiger partial charge in [-0.1, -0.05) is 6.07 Å². The number of pyridine rings is 1. The molecule has 28 heavy (non-hydrogen) atoms. The summed E-state index contributed by atoms with van der Waals surface area (Å²) in [4.78, 5) is 27.5. The summed E-state index contributed by atoms with van der Waals surface area (Å²) in [5.41, 5.74) is 2.46. The van der Waals surface area contributed by atoms with Gasteiger partial charge in [-0.2, -0.15) is 0 Å². The SMILES string of the molecule is O=C1CCCN1c1cn2c(-c3cccc(N[C@@H]4CCCNC4)n3)cnc2cn1. The van der Waals surface area contributed by atoms with Crippen molar-refractivity contribution < 1.29 is 4.79 Å². The lowest BCUT2D eigenvalue weighted by molar-refractivity contribution is -0.117. The standard InChI is InChI=1S/C20H23N7O/c28-20-7-3-9-26(20)19-13-27-16(11-22-18(27)12-23-19)15-5-1-6-17(25-15)24-14-4-2-8-21-10-14/h1,5-6,11-14,21H,2-4,7-10H2,(H,24,25)/t14-/m1/s1. The molecule has 0 aliphatic carbocycles. The molecule has 5 rings (SSSR count). The van der Waals surface area contributed by atoms with E-state index in [1.54, 1.807) is 17.3 Å². The number of aromatic nitrogens is 4. The fourth-order valence-corrected chi connectivity index (χ4v) is 3.94. The van der Waals surface area contributed by atoms with Gasteiger partial charge in [0.1, 0.15) is 5.82 Å². The zero-order valence-corrected chi connectivity index (χ0v) is 15.6. The number of hydrogen-bond donors (Lipinski definition) is 2. The van der Waals surface area contributed by atoms with Crippen LogP contribution >= 0.6 is 0 Å². The van der Waals surface area contributed by atoms with Crippen molar-refractivity contribution in [2.75, 3.05) is 29.9 Å². The van der Waals surface area contributed by atoms with Crippen LogP contribution in [0.1, 0.15) is 25.7 Å². The van der Waals surface area contributed by atoms with Crippen molar-refractivity contribution in [1.82, 2.24) is 24.7 Å². The number of rotatable bonds is 4. The molecule has 2 saturated heterocycles. The van der Waals surface area contributed by atoms with Gasteiger partial charge in [-0.25, -0.2) is 15.0 Å². The van der Waals surface area contributed by atoms with Gasteiger partial charge in [-0.3, -0.25) is 14.1 Å². The Morgan fingerprint density at radius 2 is 2.14 bits per heavy atom. The molecule has 0 spiro atoms. The Morgan fingerprint density at radius 3 is 2.96 bits per heavy atom. The van der Waals surface area contributed by atoms with Gasteiger partial charge in [0.15, 0.2) is 11.5 Å². The maximum atomic E-state index is 12.1. The Bertz CT molecular complexity index is 1010. The van der Waals surface area contributed by atoms with Crippen LogP contribution < -0.4 is 15.5 Å². The molecule has 0 unspecified atom stereocenters. The second-order valence-electron chi connectivity index (χ2n) is 7.36. The van der Waals surface area contributed by atoms with Gasteiger partial charge in [0.2, 0.25) is 5.91 Å². The predicted molar refractivity (Wildman–Crippen MR) is 107 cm³/mol. The van der Waals surface area contributed by atoms with Crippen LogP contribution in [-0.2, 0) is 4.79 Å². The first-order chi connectivity index (χ1) is 13.8. The molecular weight excluding hydrogens is 354 g/mol. The first-order valence-electron chi connectivity index (χ1n) is 9.86. The van der Waals surface area contributed by atoms with Gasteiger partial charge in [0.25, 0.3) is 0 Å². The number of piperidine rings is 1. The summed E-state index contributed by atoms with van der Waals surface area (Å²) >= 11 is 0. The van der Waals surface area contributed by atoms with Crippen LogP contribution in [0.4, 0.5) is 11.6 Å². The minimum absolute atomic E-state index is 0.124. The van der Waals surface area contributed by atoms with E-state index in [2.05, 4.69) is 20.6 Å². The van der Waals surface area contributed by atoms with Gasteiger partial charge >= 0.3 is 0 Å². The number of carbonyl (C=O) groups excluding carboxylic acids is 1. The molecule has 3 aromatic rings. The molecule has 5 heterocycles. The lowest BCUT2D eigenvalue weighted by Crippen LogP contribution is -2.38. The van der Waals surface area contributed by atoms with Crippen molar-refractivity contribution >= 4 is 23.2 Å². The summed E-state index contributed by atoms with van der Waals surface area (Å²) in [6, 6.07) is 6.38. The normalized spacial score (nSPS) is 20.1. The number of nitrogens with zero attached hydrogens (tertiary/aromatic N) is 5. The number of imidazole rings is 1. The first-order valence-corrected chi connectivity index (χ1v) is 9.86. The topological polar surface area (TPSA) is 87.5 Å². The third-order valence-electron chi connectivity index (χ3n) is 5.39. The molecule has 8 heteroatoms. The number of carbonyl (C=O) groups is 1. The van der Waals surface area contributed by atoms with Crippen LogP contribution in [0.5, 0.6) is 0 Å². The quantitative estimate of drug-likeness (QED) is 0.724. The zero-order chi connectivity index (χ0) is 18.9. The van der Waals surface area contributed by atoms with Crippen LogP contribution in [0.2, 0.25) is 0 Å².